The highest BCUT2D eigenvalue weighted by molar-refractivity contribution is 5.20. The first-order valence-corrected chi connectivity index (χ1v) is 3.63. The molecule has 0 aliphatic carbocycles. The van der Waals surface area contributed by atoms with Crippen molar-refractivity contribution in [1.82, 2.24) is 0 Å². The lowest BCUT2D eigenvalue weighted by Crippen LogP contribution is -1.91. The van der Waals surface area contributed by atoms with Gasteiger partial charge in [-0.1, -0.05) is 12.0 Å². The number of rotatable bonds is 2. The first-order chi connectivity index (χ1) is 6.13. The van der Waals surface area contributed by atoms with Crippen LogP contribution >= 0.6 is 0 Å². The first kappa shape index (κ1) is 9.48. The predicted octanol–water partition coefficient (Wildman–Crippen LogP) is 3.34. The maximum atomic E-state index is 12.7. The number of benzene rings is 1. The Bertz CT molecular complexity index is 338. The molecule has 1 rings (SSSR count). The number of azide groups is 1. The smallest absolute Gasteiger partial charge is 0.126 e. The highest BCUT2D eigenvalue weighted by atomic mass is 19.1. The quantitative estimate of drug-likeness (QED) is 0.383. The molecule has 13 heavy (non-hydrogen) atoms. The van der Waals surface area contributed by atoms with Gasteiger partial charge in [0.25, 0.3) is 0 Å². The largest absolute Gasteiger partial charge is 0.207 e. The number of hydrogen-bond donors (Lipinski definition) is 0. The highest BCUT2D eigenvalue weighted by Gasteiger charge is 2.06. The Hall–Kier alpha value is -1.61. The van der Waals surface area contributed by atoms with E-state index in [-0.39, 0.29) is 0 Å². The lowest BCUT2D eigenvalue weighted by molar-refractivity contribution is 0.576. The van der Waals surface area contributed by atoms with Crippen LogP contribution in [0.4, 0.5) is 8.78 Å². The van der Waals surface area contributed by atoms with Gasteiger partial charge < -0.3 is 0 Å². The summed E-state index contributed by atoms with van der Waals surface area (Å²) in [7, 11) is 0. The molecule has 0 aliphatic heterocycles. The van der Waals surface area contributed by atoms with Crippen molar-refractivity contribution in [3.05, 3.63) is 45.8 Å². The second-order valence-corrected chi connectivity index (χ2v) is 2.58. The fourth-order valence-electron chi connectivity index (χ4n) is 0.960. The lowest BCUT2D eigenvalue weighted by atomic mass is 10.1. The average molecular weight is 183 g/mol. The highest BCUT2D eigenvalue weighted by Crippen LogP contribution is 2.18. The fraction of sp³-hybridized carbons (Fsp3) is 0.250. The third-order valence-electron chi connectivity index (χ3n) is 1.59. The van der Waals surface area contributed by atoms with Gasteiger partial charge in [-0.25, -0.2) is 8.78 Å². The Morgan fingerprint density at radius 2 is 1.85 bits per heavy atom. The van der Waals surface area contributed by atoms with Gasteiger partial charge in [-0.05, 0) is 23.2 Å². The molecule has 0 aliphatic rings. The molecule has 5 heteroatoms. The van der Waals surface area contributed by atoms with Gasteiger partial charge in [0.1, 0.15) is 11.6 Å². The molecule has 0 saturated carbocycles. The van der Waals surface area contributed by atoms with E-state index in [1.54, 1.807) is 6.92 Å². The summed E-state index contributed by atoms with van der Waals surface area (Å²) in [6.45, 7) is 1.56. The predicted molar refractivity (Wildman–Crippen MR) is 43.9 cm³/mol. The standard InChI is InChI=1S/C8H7F2N3/c1-5(12-13-11)6-2-7(9)4-8(10)3-6/h2-5H,1H3/t5-/m0/s1. The Kier molecular flexibility index (Phi) is 2.82. The maximum Gasteiger partial charge on any atom is 0.126 e. The monoisotopic (exact) mass is 183 g/mol. The van der Waals surface area contributed by atoms with E-state index in [1.165, 1.54) is 0 Å². The average Bonchev–Trinajstić information content (AvgIpc) is 2.03. The van der Waals surface area contributed by atoms with Crippen LogP contribution in [0.5, 0.6) is 0 Å². The summed E-state index contributed by atoms with van der Waals surface area (Å²) in [6.07, 6.45) is 0. The van der Waals surface area contributed by atoms with E-state index in [9.17, 15) is 8.78 Å². The summed E-state index contributed by atoms with van der Waals surface area (Å²) in [5.74, 6) is -1.34. The van der Waals surface area contributed by atoms with Crippen molar-refractivity contribution in [3.63, 3.8) is 0 Å². The molecule has 0 spiro atoms. The zero-order valence-electron chi connectivity index (χ0n) is 6.91. The molecule has 0 N–H and O–H groups in total. The molecule has 1 atom stereocenters. The second kappa shape index (κ2) is 3.87. The molecule has 0 radical (unpaired) electrons. The summed E-state index contributed by atoms with van der Waals surface area (Å²) in [5, 5.41) is 3.32. The maximum absolute atomic E-state index is 12.7. The van der Waals surface area contributed by atoms with Crippen LogP contribution in [0.15, 0.2) is 23.3 Å². The Morgan fingerprint density at radius 1 is 1.31 bits per heavy atom. The molecule has 0 aromatic heterocycles. The molecule has 0 heterocycles. The normalized spacial score (nSPS) is 11.9. The lowest BCUT2D eigenvalue weighted by Gasteiger charge is -2.04. The first-order valence-electron chi connectivity index (χ1n) is 3.63. The van der Waals surface area contributed by atoms with Crippen LogP contribution in [-0.2, 0) is 0 Å². The Morgan fingerprint density at radius 3 is 2.31 bits per heavy atom. The second-order valence-electron chi connectivity index (χ2n) is 2.58. The van der Waals surface area contributed by atoms with Crippen molar-refractivity contribution < 1.29 is 8.78 Å². The summed E-state index contributed by atoms with van der Waals surface area (Å²) < 4.78 is 25.3. The molecule has 3 nitrogen and oxygen atoms in total. The summed E-state index contributed by atoms with van der Waals surface area (Å²) in [5.41, 5.74) is 8.44. The van der Waals surface area contributed by atoms with Gasteiger partial charge in [-0.3, -0.25) is 0 Å². The zero-order valence-corrected chi connectivity index (χ0v) is 6.91. The molecule has 0 fully saturated rings. The Labute approximate surface area is 73.6 Å². The minimum Gasteiger partial charge on any atom is -0.207 e. The van der Waals surface area contributed by atoms with Gasteiger partial charge in [0.15, 0.2) is 0 Å². The minimum absolute atomic E-state index is 0.329. The molecule has 1 aromatic carbocycles. The van der Waals surface area contributed by atoms with Crippen molar-refractivity contribution in [2.45, 2.75) is 13.0 Å². The van der Waals surface area contributed by atoms with Crippen LogP contribution in [0.3, 0.4) is 0 Å². The van der Waals surface area contributed by atoms with Gasteiger partial charge in [0.05, 0.1) is 6.04 Å². The summed E-state index contributed by atoms with van der Waals surface area (Å²) in [6, 6.07) is 2.49. The van der Waals surface area contributed by atoms with Crippen molar-refractivity contribution in [1.29, 1.82) is 0 Å². The zero-order chi connectivity index (χ0) is 9.84. The molecule has 0 amide bonds. The van der Waals surface area contributed by atoms with E-state index in [0.717, 1.165) is 18.2 Å². The molecule has 0 bridgehead atoms. The van der Waals surface area contributed by atoms with E-state index < -0.39 is 17.7 Å². The van der Waals surface area contributed by atoms with Crippen LogP contribution < -0.4 is 0 Å². The Balaban J connectivity index is 3.07. The van der Waals surface area contributed by atoms with Gasteiger partial charge in [-0.2, -0.15) is 0 Å². The third-order valence-corrected chi connectivity index (χ3v) is 1.59. The van der Waals surface area contributed by atoms with Crippen molar-refractivity contribution in [2.75, 3.05) is 0 Å². The van der Waals surface area contributed by atoms with E-state index in [1.807, 2.05) is 0 Å². The topological polar surface area (TPSA) is 48.8 Å². The van der Waals surface area contributed by atoms with Crippen molar-refractivity contribution in [2.24, 2.45) is 5.11 Å². The number of nitrogens with zero attached hydrogens (tertiary/aromatic N) is 3. The number of hydrogen-bond acceptors (Lipinski definition) is 1. The third kappa shape index (κ3) is 2.42. The number of halogens is 2. The molecular formula is C8H7F2N3. The van der Waals surface area contributed by atoms with Gasteiger partial charge >= 0.3 is 0 Å². The molecule has 1 aromatic rings. The molecule has 68 valence electrons. The van der Waals surface area contributed by atoms with Crippen molar-refractivity contribution in [3.8, 4) is 0 Å². The van der Waals surface area contributed by atoms with E-state index in [2.05, 4.69) is 10.0 Å². The van der Waals surface area contributed by atoms with Gasteiger partial charge in [0, 0.05) is 11.0 Å². The van der Waals surface area contributed by atoms with Crippen LogP contribution in [0.1, 0.15) is 18.5 Å². The van der Waals surface area contributed by atoms with Crippen LogP contribution in [0.25, 0.3) is 10.4 Å². The van der Waals surface area contributed by atoms with Gasteiger partial charge in [-0.15, -0.1) is 0 Å². The molecular weight excluding hydrogens is 176 g/mol. The van der Waals surface area contributed by atoms with Crippen LogP contribution in [-0.4, -0.2) is 0 Å². The van der Waals surface area contributed by atoms with E-state index in [0.29, 0.717) is 5.56 Å². The van der Waals surface area contributed by atoms with Crippen molar-refractivity contribution >= 4 is 0 Å². The summed E-state index contributed by atoms with van der Waals surface area (Å²) >= 11 is 0. The van der Waals surface area contributed by atoms with Gasteiger partial charge in [0.2, 0.25) is 0 Å². The SMILES string of the molecule is C[C@H](N=[N+]=[N-])c1cc(F)cc(F)c1. The van der Waals surface area contributed by atoms with E-state index in [4.69, 9.17) is 5.53 Å². The summed E-state index contributed by atoms with van der Waals surface area (Å²) in [4.78, 5) is 2.55. The minimum atomic E-state index is -0.671. The molecule has 0 saturated heterocycles. The molecule has 0 unspecified atom stereocenters. The van der Waals surface area contributed by atoms with E-state index >= 15 is 0 Å². The fourth-order valence-corrected chi connectivity index (χ4v) is 0.960. The van der Waals surface area contributed by atoms with Crippen LogP contribution in [0.2, 0.25) is 0 Å². The van der Waals surface area contributed by atoms with Crippen LogP contribution in [0, 0.1) is 11.6 Å².